The zero-order valence-corrected chi connectivity index (χ0v) is 22.0. The van der Waals surface area contributed by atoms with Crippen molar-refractivity contribution in [2.75, 3.05) is 6.54 Å². The van der Waals surface area contributed by atoms with E-state index in [0.29, 0.717) is 19.4 Å². The van der Waals surface area contributed by atoms with Gasteiger partial charge >= 0.3 is 18.0 Å². The first-order chi connectivity index (χ1) is 16.7. The van der Waals surface area contributed by atoms with E-state index in [1.54, 1.807) is 27.7 Å². The first-order valence-electron chi connectivity index (χ1n) is 12.2. The van der Waals surface area contributed by atoms with Crippen molar-refractivity contribution in [3.8, 4) is 0 Å². The number of unbranched alkanes of at least 4 members (excludes halogenated alkanes) is 1. The third-order valence-electron chi connectivity index (χ3n) is 5.51. The molecule has 4 amide bonds. The molecule has 12 heteroatoms. The SMILES string of the molecule is CC(C)[C@H](NC(=O)N[C@H](C(=O)N[C@@H](CCCCN)C(=O)N[C@H](/C=C/C(=O)O)C(C)C)C(C)C)C(=O)O. The number of hydrogen-bond donors (Lipinski definition) is 7. The smallest absolute Gasteiger partial charge is 0.328 e. The van der Waals surface area contributed by atoms with Gasteiger partial charge in [-0.2, -0.15) is 0 Å². The number of carboxylic acids is 2. The van der Waals surface area contributed by atoms with E-state index in [9.17, 15) is 29.1 Å². The van der Waals surface area contributed by atoms with Crippen LogP contribution in [0.15, 0.2) is 12.2 Å². The number of nitrogens with one attached hydrogen (secondary N) is 4. The number of carbonyl (C=O) groups is 5. The van der Waals surface area contributed by atoms with Crippen LogP contribution in [0.4, 0.5) is 4.79 Å². The normalized spacial score (nSPS) is 14.8. The summed E-state index contributed by atoms with van der Waals surface area (Å²) in [6.45, 7) is 10.7. The van der Waals surface area contributed by atoms with Gasteiger partial charge in [-0.1, -0.05) is 47.6 Å². The minimum Gasteiger partial charge on any atom is -0.480 e. The number of aliphatic carboxylic acids is 2. The maximum absolute atomic E-state index is 13.1. The lowest BCUT2D eigenvalue weighted by molar-refractivity contribution is -0.140. The van der Waals surface area contributed by atoms with E-state index >= 15 is 0 Å². The van der Waals surface area contributed by atoms with Gasteiger partial charge in [0.15, 0.2) is 0 Å². The topological polar surface area (TPSA) is 200 Å². The summed E-state index contributed by atoms with van der Waals surface area (Å²) in [5.41, 5.74) is 5.56. The van der Waals surface area contributed by atoms with Gasteiger partial charge in [-0.3, -0.25) is 9.59 Å². The fourth-order valence-electron chi connectivity index (χ4n) is 3.28. The number of nitrogens with two attached hydrogens (primary N) is 1. The Morgan fingerprint density at radius 1 is 0.750 bits per heavy atom. The van der Waals surface area contributed by atoms with E-state index in [-0.39, 0.29) is 24.2 Å². The summed E-state index contributed by atoms with van der Waals surface area (Å²) < 4.78 is 0. The fourth-order valence-corrected chi connectivity index (χ4v) is 3.28. The lowest BCUT2D eigenvalue weighted by Crippen LogP contribution is -2.59. The second-order valence-electron chi connectivity index (χ2n) is 9.72. The Bertz CT molecular complexity index is 783. The largest absolute Gasteiger partial charge is 0.480 e. The molecule has 0 rings (SSSR count). The van der Waals surface area contributed by atoms with Crippen LogP contribution in [-0.2, 0) is 19.2 Å². The molecule has 0 fully saturated rings. The van der Waals surface area contributed by atoms with Crippen LogP contribution in [0, 0.1) is 17.8 Å². The minimum atomic E-state index is -1.20. The van der Waals surface area contributed by atoms with Crippen molar-refractivity contribution in [2.24, 2.45) is 23.5 Å². The first-order valence-corrected chi connectivity index (χ1v) is 12.2. The summed E-state index contributed by atoms with van der Waals surface area (Å²) >= 11 is 0. The van der Waals surface area contributed by atoms with Crippen molar-refractivity contribution in [2.45, 2.75) is 85.0 Å². The quantitative estimate of drug-likeness (QED) is 0.116. The van der Waals surface area contributed by atoms with Crippen molar-refractivity contribution in [1.82, 2.24) is 21.3 Å². The molecule has 8 N–H and O–H groups in total. The molecule has 4 atom stereocenters. The predicted molar refractivity (Wildman–Crippen MR) is 135 cm³/mol. The van der Waals surface area contributed by atoms with Crippen LogP contribution in [0.5, 0.6) is 0 Å². The molecule has 0 unspecified atom stereocenters. The van der Waals surface area contributed by atoms with Gasteiger partial charge in [-0.05, 0) is 43.6 Å². The Morgan fingerprint density at radius 3 is 1.75 bits per heavy atom. The van der Waals surface area contributed by atoms with Crippen molar-refractivity contribution in [3.63, 3.8) is 0 Å². The molecule has 0 radical (unpaired) electrons. The summed E-state index contributed by atoms with van der Waals surface area (Å²) in [4.78, 5) is 60.9. The standard InChI is InChI=1S/C24H43N5O7/c1-13(2)16(10-11-18(30)31)26-21(32)17(9-7-8-12-25)27-22(33)19(14(3)4)28-24(36)29-20(15(5)6)23(34)35/h10-11,13-17,19-20H,7-9,12,25H2,1-6H3,(H,26,32)(H,27,33)(H,30,31)(H,34,35)(H2,28,29,36)/b11-10+/t16-,17+,19+,20+/m1/s1. The van der Waals surface area contributed by atoms with Crippen LogP contribution in [0.25, 0.3) is 0 Å². The van der Waals surface area contributed by atoms with Crippen molar-refractivity contribution in [3.05, 3.63) is 12.2 Å². The molecule has 0 saturated heterocycles. The van der Waals surface area contributed by atoms with Gasteiger partial charge in [0.05, 0.1) is 6.04 Å². The number of carboxylic acid groups (broad SMARTS) is 2. The van der Waals surface area contributed by atoms with Crippen LogP contribution < -0.4 is 27.0 Å². The first kappa shape index (κ1) is 32.8. The molecule has 0 aromatic carbocycles. The molecular weight excluding hydrogens is 470 g/mol. The molecule has 0 aliphatic carbocycles. The zero-order valence-electron chi connectivity index (χ0n) is 22.0. The Labute approximate surface area is 212 Å². The van der Waals surface area contributed by atoms with Gasteiger partial charge in [0.25, 0.3) is 0 Å². The molecule has 0 aliphatic rings. The van der Waals surface area contributed by atoms with Crippen molar-refractivity contribution in [1.29, 1.82) is 0 Å². The summed E-state index contributed by atoms with van der Waals surface area (Å²) in [5.74, 6) is -4.29. The van der Waals surface area contributed by atoms with Crippen LogP contribution >= 0.6 is 0 Å². The average Bonchev–Trinajstić information content (AvgIpc) is 2.76. The third-order valence-corrected chi connectivity index (χ3v) is 5.51. The fraction of sp³-hybridized carbons (Fsp3) is 0.708. The highest BCUT2D eigenvalue weighted by Gasteiger charge is 2.31. The highest BCUT2D eigenvalue weighted by Crippen LogP contribution is 2.09. The predicted octanol–water partition coefficient (Wildman–Crippen LogP) is 0.815. The maximum Gasteiger partial charge on any atom is 0.328 e. The van der Waals surface area contributed by atoms with Gasteiger partial charge in [0.1, 0.15) is 18.1 Å². The number of amides is 4. The summed E-state index contributed by atoms with van der Waals surface area (Å²) in [6, 6.07) is -4.51. The lowest BCUT2D eigenvalue weighted by atomic mass is 10.0. The van der Waals surface area contributed by atoms with E-state index in [4.69, 9.17) is 10.8 Å². The molecule has 206 valence electrons. The van der Waals surface area contributed by atoms with E-state index < -0.39 is 54.0 Å². The number of rotatable bonds is 16. The average molecular weight is 514 g/mol. The maximum atomic E-state index is 13.1. The molecule has 0 bridgehead atoms. The van der Waals surface area contributed by atoms with E-state index in [1.165, 1.54) is 6.08 Å². The molecule has 0 spiro atoms. The molecule has 0 aromatic rings. The van der Waals surface area contributed by atoms with Crippen LogP contribution in [0.2, 0.25) is 0 Å². The Balaban J connectivity index is 5.58. The van der Waals surface area contributed by atoms with Gasteiger partial charge in [0.2, 0.25) is 11.8 Å². The number of carbonyl (C=O) groups excluding carboxylic acids is 3. The van der Waals surface area contributed by atoms with Crippen LogP contribution in [0.1, 0.15) is 60.8 Å². The minimum absolute atomic E-state index is 0.109. The Morgan fingerprint density at radius 2 is 1.31 bits per heavy atom. The van der Waals surface area contributed by atoms with Gasteiger partial charge in [0, 0.05) is 6.08 Å². The van der Waals surface area contributed by atoms with Crippen molar-refractivity contribution < 1.29 is 34.2 Å². The van der Waals surface area contributed by atoms with Crippen molar-refractivity contribution >= 4 is 29.8 Å². The number of hydrogen-bond acceptors (Lipinski definition) is 6. The highest BCUT2D eigenvalue weighted by molar-refractivity contribution is 5.92. The molecule has 0 aromatic heterocycles. The zero-order chi connectivity index (χ0) is 28.0. The molecule has 36 heavy (non-hydrogen) atoms. The molecular formula is C24H43N5O7. The van der Waals surface area contributed by atoms with Gasteiger partial charge < -0.3 is 37.2 Å². The second-order valence-corrected chi connectivity index (χ2v) is 9.72. The highest BCUT2D eigenvalue weighted by atomic mass is 16.4. The van der Waals surface area contributed by atoms with Crippen LogP contribution in [0.3, 0.4) is 0 Å². The molecule has 12 nitrogen and oxygen atoms in total. The summed E-state index contributed by atoms with van der Waals surface area (Å²) in [5, 5.41) is 28.5. The third kappa shape index (κ3) is 12.5. The van der Waals surface area contributed by atoms with Gasteiger partial charge in [-0.15, -0.1) is 0 Å². The monoisotopic (exact) mass is 513 g/mol. The van der Waals surface area contributed by atoms with Gasteiger partial charge in [-0.25, -0.2) is 14.4 Å². The molecule has 0 aliphatic heterocycles. The number of urea groups is 1. The van der Waals surface area contributed by atoms with Crippen LogP contribution in [-0.4, -0.2) is 70.7 Å². The van der Waals surface area contributed by atoms with E-state index in [1.807, 2.05) is 13.8 Å². The molecule has 0 saturated carbocycles. The summed E-state index contributed by atoms with van der Waals surface area (Å²) in [7, 11) is 0. The Hall–Kier alpha value is -3.15. The second kappa shape index (κ2) is 16.5. The molecule has 0 heterocycles. The van der Waals surface area contributed by atoms with E-state index in [2.05, 4.69) is 21.3 Å². The van der Waals surface area contributed by atoms with E-state index in [0.717, 1.165) is 6.08 Å². The summed E-state index contributed by atoms with van der Waals surface area (Å²) in [6.07, 6.45) is 3.80. The Kier molecular flexibility index (Phi) is 15.1. The lowest BCUT2D eigenvalue weighted by Gasteiger charge is -2.28.